The second kappa shape index (κ2) is 8.45. The van der Waals surface area contributed by atoms with Crippen molar-refractivity contribution in [2.24, 2.45) is 0 Å². The summed E-state index contributed by atoms with van der Waals surface area (Å²) < 4.78 is 5.36. The summed E-state index contributed by atoms with van der Waals surface area (Å²) in [6, 6.07) is 12.5. The van der Waals surface area contributed by atoms with Crippen LogP contribution in [0.1, 0.15) is 18.4 Å². The highest BCUT2D eigenvalue weighted by molar-refractivity contribution is 5.57. The van der Waals surface area contributed by atoms with Crippen molar-refractivity contribution in [3.8, 4) is 5.75 Å². The Kier molecular flexibility index (Phi) is 5.80. The number of aromatic nitrogens is 2. The molecule has 1 N–H and O–H groups in total. The predicted molar refractivity (Wildman–Crippen MR) is 97.3 cm³/mol. The molecule has 1 fully saturated rings. The molecule has 1 atom stereocenters. The van der Waals surface area contributed by atoms with Gasteiger partial charge in [0, 0.05) is 37.4 Å². The minimum atomic E-state index is 0.475. The zero-order chi connectivity index (χ0) is 16.6. The molecule has 24 heavy (non-hydrogen) atoms. The number of rotatable bonds is 6. The van der Waals surface area contributed by atoms with Gasteiger partial charge < -0.3 is 15.0 Å². The number of anilines is 1. The van der Waals surface area contributed by atoms with E-state index in [1.807, 2.05) is 30.3 Å². The van der Waals surface area contributed by atoms with E-state index in [0.717, 1.165) is 36.8 Å². The monoisotopic (exact) mass is 324 g/mol. The average molecular weight is 324 g/mol. The minimum absolute atomic E-state index is 0.475. The Morgan fingerprint density at radius 1 is 1.29 bits per heavy atom. The molecule has 5 nitrogen and oxygen atoms in total. The molecule has 2 aromatic rings. The van der Waals surface area contributed by atoms with Gasteiger partial charge in [0.05, 0.1) is 7.11 Å². The lowest BCUT2D eigenvalue weighted by Crippen LogP contribution is -2.46. The molecular weight excluding hydrogens is 300 g/mol. The summed E-state index contributed by atoms with van der Waals surface area (Å²) in [5, 5.41) is 11.8. The van der Waals surface area contributed by atoms with Gasteiger partial charge in [0.25, 0.3) is 0 Å². The van der Waals surface area contributed by atoms with Crippen molar-refractivity contribution in [3.63, 3.8) is 0 Å². The van der Waals surface area contributed by atoms with E-state index in [0.29, 0.717) is 6.04 Å². The van der Waals surface area contributed by atoms with Gasteiger partial charge in [-0.15, -0.1) is 5.10 Å². The predicted octanol–water partition coefficient (Wildman–Crippen LogP) is 2.76. The molecule has 3 rings (SSSR count). The summed E-state index contributed by atoms with van der Waals surface area (Å²) in [6.45, 7) is 2.87. The lowest BCUT2D eigenvalue weighted by molar-refractivity contribution is 0.414. The van der Waals surface area contributed by atoms with Crippen molar-refractivity contribution < 1.29 is 4.74 Å². The van der Waals surface area contributed by atoms with Crippen molar-refractivity contribution in [3.05, 3.63) is 54.2 Å². The molecule has 1 aromatic heterocycles. The van der Waals surface area contributed by atoms with E-state index in [4.69, 9.17) is 4.74 Å². The third-order valence-corrected chi connectivity index (χ3v) is 4.26. The number of para-hydroxylation sites is 1. The van der Waals surface area contributed by atoms with Crippen molar-refractivity contribution in [2.75, 3.05) is 31.6 Å². The van der Waals surface area contributed by atoms with Crippen LogP contribution in [0.5, 0.6) is 5.75 Å². The molecule has 1 aliphatic rings. The van der Waals surface area contributed by atoms with Crippen LogP contribution in [-0.2, 0) is 0 Å². The first-order valence-corrected chi connectivity index (χ1v) is 8.42. The van der Waals surface area contributed by atoms with Gasteiger partial charge in [-0.1, -0.05) is 30.4 Å². The molecule has 0 bridgehead atoms. The molecule has 126 valence electrons. The molecule has 1 aliphatic heterocycles. The molecule has 0 unspecified atom stereocenters. The van der Waals surface area contributed by atoms with E-state index in [9.17, 15) is 0 Å². The van der Waals surface area contributed by atoms with Crippen molar-refractivity contribution in [1.29, 1.82) is 0 Å². The summed E-state index contributed by atoms with van der Waals surface area (Å²) in [5.41, 5.74) is 1.10. The Hall–Kier alpha value is -2.40. The van der Waals surface area contributed by atoms with E-state index in [1.165, 1.54) is 12.8 Å². The van der Waals surface area contributed by atoms with Crippen LogP contribution in [0.4, 0.5) is 5.82 Å². The maximum Gasteiger partial charge on any atom is 0.151 e. The van der Waals surface area contributed by atoms with Crippen LogP contribution in [0.25, 0.3) is 6.08 Å². The second-order valence-corrected chi connectivity index (χ2v) is 5.92. The Morgan fingerprint density at radius 2 is 2.21 bits per heavy atom. The zero-order valence-corrected chi connectivity index (χ0v) is 14.1. The van der Waals surface area contributed by atoms with Crippen LogP contribution in [0.3, 0.4) is 0 Å². The molecule has 0 saturated carbocycles. The second-order valence-electron chi connectivity index (χ2n) is 5.92. The third kappa shape index (κ3) is 4.32. The molecule has 0 radical (unpaired) electrons. The fourth-order valence-corrected chi connectivity index (χ4v) is 3.04. The van der Waals surface area contributed by atoms with Gasteiger partial charge in [0.2, 0.25) is 0 Å². The molecule has 2 heterocycles. The number of methoxy groups -OCH3 is 1. The van der Waals surface area contributed by atoms with E-state index >= 15 is 0 Å². The number of hydrogen-bond donors (Lipinski definition) is 1. The molecule has 0 amide bonds. The molecular formula is C19H24N4O. The number of nitrogens with zero attached hydrogens (tertiary/aromatic N) is 3. The highest BCUT2D eigenvalue weighted by atomic mass is 16.5. The van der Waals surface area contributed by atoms with Crippen molar-refractivity contribution in [2.45, 2.75) is 18.9 Å². The Morgan fingerprint density at radius 3 is 3.04 bits per heavy atom. The normalized spacial score (nSPS) is 18.0. The van der Waals surface area contributed by atoms with Crippen LogP contribution in [0, 0.1) is 0 Å². The third-order valence-electron chi connectivity index (χ3n) is 4.26. The van der Waals surface area contributed by atoms with Gasteiger partial charge in [-0.05, 0) is 31.0 Å². The van der Waals surface area contributed by atoms with E-state index in [2.05, 4.69) is 38.6 Å². The Bertz CT molecular complexity index is 659. The van der Waals surface area contributed by atoms with E-state index in [-0.39, 0.29) is 0 Å². The lowest BCUT2D eigenvalue weighted by atomic mass is 10.1. The fourth-order valence-electron chi connectivity index (χ4n) is 3.04. The smallest absolute Gasteiger partial charge is 0.151 e. The van der Waals surface area contributed by atoms with Crippen LogP contribution in [0.15, 0.2) is 48.7 Å². The summed E-state index contributed by atoms with van der Waals surface area (Å²) in [7, 11) is 1.70. The molecule has 0 aliphatic carbocycles. The van der Waals surface area contributed by atoms with Crippen LogP contribution in [-0.4, -0.2) is 43.0 Å². The van der Waals surface area contributed by atoms with E-state index in [1.54, 1.807) is 13.3 Å². The van der Waals surface area contributed by atoms with Crippen molar-refractivity contribution in [1.82, 2.24) is 15.5 Å². The SMILES string of the molecule is COc1ccccc1/C=C/CN[C@@H]1CCCN(c2cccnn2)C1. The lowest BCUT2D eigenvalue weighted by Gasteiger charge is -2.33. The summed E-state index contributed by atoms with van der Waals surface area (Å²) in [6.07, 6.45) is 8.34. The first-order valence-electron chi connectivity index (χ1n) is 8.42. The fraction of sp³-hybridized carbons (Fsp3) is 0.368. The molecule has 0 spiro atoms. The summed E-state index contributed by atoms with van der Waals surface area (Å²) in [4.78, 5) is 2.30. The number of nitrogens with one attached hydrogen (secondary N) is 1. The first kappa shape index (κ1) is 16.5. The largest absolute Gasteiger partial charge is 0.496 e. The first-order chi connectivity index (χ1) is 11.9. The van der Waals surface area contributed by atoms with E-state index < -0.39 is 0 Å². The summed E-state index contributed by atoms with van der Waals surface area (Å²) >= 11 is 0. The molecule has 1 saturated heterocycles. The highest BCUT2D eigenvalue weighted by Gasteiger charge is 2.20. The quantitative estimate of drug-likeness (QED) is 0.885. The standard InChI is InChI=1S/C19H24N4O/c1-24-18-10-3-2-7-16(18)8-4-12-20-17-9-6-14-23(15-17)19-11-5-13-21-22-19/h2-5,7-8,10-11,13,17,20H,6,9,12,14-15H2,1H3/b8-4+/t17-/m1/s1. The molecule has 1 aromatic carbocycles. The van der Waals surface area contributed by atoms with Gasteiger partial charge in [0.1, 0.15) is 5.75 Å². The van der Waals surface area contributed by atoms with Crippen LogP contribution < -0.4 is 15.0 Å². The number of piperidine rings is 1. The Balaban J connectivity index is 1.50. The van der Waals surface area contributed by atoms with Gasteiger partial charge in [-0.2, -0.15) is 5.10 Å². The number of ether oxygens (including phenoxy) is 1. The van der Waals surface area contributed by atoms with Gasteiger partial charge >= 0.3 is 0 Å². The Labute approximate surface area is 143 Å². The van der Waals surface area contributed by atoms with Crippen LogP contribution in [0.2, 0.25) is 0 Å². The van der Waals surface area contributed by atoms with Gasteiger partial charge in [-0.25, -0.2) is 0 Å². The topological polar surface area (TPSA) is 50.3 Å². The number of benzene rings is 1. The minimum Gasteiger partial charge on any atom is -0.496 e. The maximum atomic E-state index is 5.36. The number of hydrogen-bond acceptors (Lipinski definition) is 5. The maximum absolute atomic E-state index is 5.36. The average Bonchev–Trinajstić information content (AvgIpc) is 2.66. The van der Waals surface area contributed by atoms with Gasteiger partial charge in [0.15, 0.2) is 5.82 Å². The summed E-state index contributed by atoms with van der Waals surface area (Å²) in [5.74, 6) is 1.87. The molecule has 5 heteroatoms. The highest BCUT2D eigenvalue weighted by Crippen LogP contribution is 2.19. The van der Waals surface area contributed by atoms with Crippen molar-refractivity contribution >= 4 is 11.9 Å². The van der Waals surface area contributed by atoms with Crippen LogP contribution >= 0.6 is 0 Å². The zero-order valence-electron chi connectivity index (χ0n) is 14.1. The van der Waals surface area contributed by atoms with Gasteiger partial charge in [-0.3, -0.25) is 0 Å².